The quantitative estimate of drug-likeness (QED) is 0.475. The van der Waals surface area contributed by atoms with E-state index in [1.54, 1.807) is 13.3 Å². The van der Waals surface area contributed by atoms with Gasteiger partial charge in [0.15, 0.2) is 0 Å². The van der Waals surface area contributed by atoms with Gasteiger partial charge in [0.2, 0.25) is 0 Å². The molecule has 0 saturated carbocycles. The zero-order chi connectivity index (χ0) is 25.3. The van der Waals surface area contributed by atoms with Crippen molar-refractivity contribution in [1.82, 2.24) is 20.5 Å². The standard InChI is InChI=1S/C28H33N5O3/c1-21-5-7-22(8-6-21)18-30-27(34)28(35)31-20-26(23-4-3-13-29-19-23)33-16-14-32(15-17-33)24-9-11-25(36-2)12-10-24/h3-13,19,26H,14-18,20H2,1-2H3,(H,30,34)(H,31,35)/t26-/m1/s1. The number of hydrogen-bond donors (Lipinski definition) is 2. The minimum absolute atomic E-state index is 0.0782. The molecule has 3 aromatic rings. The molecule has 2 heterocycles. The average molecular weight is 488 g/mol. The zero-order valence-electron chi connectivity index (χ0n) is 20.8. The second kappa shape index (κ2) is 12.2. The van der Waals surface area contributed by atoms with Gasteiger partial charge in [0.05, 0.1) is 13.2 Å². The highest BCUT2D eigenvalue weighted by atomic mass is 16.5. The summed E-state index contributed by atoms with van der Waals surface area (Å²) in [6.45, 7) is 5.99. The predicted molar refractivity (Wildman–Crippen MR) is 140 cm³/mol. The highest BCUT2D eigenvalue weighted by Crippen LogP contribution is 2.25. The number of nitrogens with one attached hydrogen (secondary N) is 2. The van der Waals surface area contributed by atoms with Crippen LogP contribution in [0.3, 0.4) is 0 Å². The van der Waals surface area contributed by atoms with Gasteiger partial charge in [-0.15, -0.1) is 0 Å². The SMILES string of the molecule is COc1ccc(N2CCN([C@H](CNC(=O)C(=O)NCc3ccc(C)cc3)c3cccnc3)CC2)cc1. The largest absolute Gasteiger partial charge is 0.497 e. The summed E-state index contributed by atoms with van der Waals surface area (Å²) < 4.78 is 5.26. The molecule has 1 atom stereocenters. The van der Waals surface area contributed by atoms with Crippen molar-refractivity contribution in [3.05, 3.63) is 89.7 Å². The van der Waals surface area contributed by atoms with Crippen LogP contribution in [0.4, 0.5) is 5.69 Å². The van der Waals surface area contributed by atoms with Gasteiger partial charge >= 0.3 is 11.8 Å². The maximum atomic E-state index is 12.6. The van der Waals surface area contributed by atoms with Gasteiger partial charge in [-0.3, -0.25) is 19.5 Å². The second-order valence-electron chi connectivity index (χ2n) is 8.90. The predicted octanol–water partition coefficient (Wildman–Crippen LogP) is 2.69. The number of hydrogen-bond acceptors (Lipinski definition) is 6. The third-order valence-electron chi connectivity index (χ3n) is 6.50. The normalized spacial score (nSPS) is 14.7. The van der Waals surface area contributed by atoms with E-state index in [9.17, 15) is 9.59 Å². The van der Waals surface area contributed by atoms with Crippen molar-refractivity contribution in [3.63, 3.8) is 0 Å². The molecule has 1 saturated heterocycles. The number of aromatic nitrogens is 1. The fourth-order valence-corrected chi connectivity index (χ4v) is 4.35. The number of ether oxygens (including phenoxy) is 1. The van der Waals surface area contributed by atoms with Crippen molar-refractivity contribution >= 4 is 17.5 Å². The van der Waals surface area contributed by atoms with Crippen LogP contribution in [0, 0.1) is 6.92 Å². The summed E-state index contributed by atoms with van der Waals surface area (Å²) >= 11 is 0. The molecule has 4 rings (SSSR count). The van der Waals surface area contributed by atoms with Gasteiger partial charge in [0.1, 0.15) is 5.75 Å². The summed E-state index contributed by atoms with van der Waals surface area (Å²) in [5, 5.41) is 5.53. The highest BCUT2D eigenvalue weighted by Gasteiger charge is 2.26. The van der Waals surface area contributed by atoms with Crippen LogP contribution in [0.1, 0.15) is 22.7 Å². The molecule has 0 spiro atoms. The molecule has 0 aliphatic carbocycles. The van der Waals surface area contributed by atoms with Crippen LogP contribution < -0.4 is 20.3 Å². The van der Waals surface area contributed by atoms with Crippen molar-refractivity contribution in [2.24, 2.45) is 0 Å². The van der Waals surface area contributed by atoms with E-state index in [0.29, 0.717) is 13.1 Å². The molecular weight excluding hydrogens is 454 g/mol. The highest BCUT2D eigenvalue weighted by molar-refractivity contribution is 6.35. The molecule has 1 aliphatic heterocycles. The summed E-state index contributed by atoms with van der Waals surface area (Å²) in [7, 11) is 1.67. The summed E-state index contributed by atoms with van der Waals surface area (Å²) in [5.74, 6) is -0.426. The lowest BCUT2D eigenvalue weighted by molar-refractivity contribution is -0.139. The van der Waals surface area contributed by atoms with Gasteiger partial charge in [0, 0.05) is 57.3 Å². The van der Waals surface area contributed by atoms with Crippen molar-refractivity contribution in [3.8, 4) is 5.75 Å². The second-order valence-corrected chi connectivity index (χ2v) is 8.90. The van der Waals surface area contributed by atoms with Crippen LogP contribution in [-0.2, 0) is 16.1 Å². The van der Waals surface area contributed by atoms with E-state index < -0.39 is 11.8 Å². The number of piperazine rings is 1. The third kappa shape index (κ3) is 6.60. The number of pyridine rings is 1. The van der Waals surface area contributed by atoms with Crippen molar-refractivity contribution in [1.29, 1.82) is 0 Å². The number of nitrogens with zero attached hydrogens (tertiary/aromatic N) is 3. The minimum Gasteiger partial charge on any atom is -0.497 e. The van der Waals surface area contributed by atoms with Crippen LogP contribution in [0.5, 0.6) is 5.75 Å². The van der Waals surface area contributed by atoms with Gasteiger partial charge < -0.3 is 20.3 Å². The Labute approximate surface area is 212 Å². The van der Waals surface area contributed by atoms with Gasteiger partial charge in [0.25, 0.3) is 0 Å². The number of amides is 2. The van der Waals surface area contributed by atoms with E-state index in [-0.39, 0.29) is 6.04 Å². The first kappa shape index (κ1) is 25.2. The Morgan fingerprint density at radius 3 is 2.28 bits per heavy atom. The molecule has 8 heteroatoms. The van der Waals surface area contributed by atoms with Gasteiger partial charge in [-0.25, -0.2) is 0 Å². The molecule has 2 N–H and O–H groups in total. The topological polar surface area (TPSA) is 86.8 Å². The number of aryl methyl sites for hydroxylation is 1. The molecule has 2 aromatic carbocycles. The maximum absolute atomic E-state index is 12.6. The van der Waals surface area contributed by atoms with E-state index in [2.05, 4.69) is 37.6 Å². The van der Waals surface area contributed by atoms with Gasteiger partial charge in [-0.1, -0.05) is 35.9 Å². The Morgan fingerprint density at radius 1 is 0.944 bits per heavy atom. The van der Waals surface area contributed by atoms with E-state index in [0.717, 1.165) is 54.3 Å². The van der Waals surface area contributed by atoms with E-state index in [1.807, 2.05) is 61.7 Å². The summed E-state index contributed by atoms with van der Waals surface area (Å²) in [4.78, 5) is 33.9. The van der Waals surface area contributed by atoms with Crippen LogP contribution in [0.2, 0.25) is 0 Å². The van der Waals surface area contributed by atoms with Crippen LogP contribution in [0.25, 0.3) is 0 Å². The summed E-state index contributed by atoms with van der Waals surface area (Å²) in [5.41, 5.74) is 4.27. The van der Waals surface area contributed by atoms with E-state index in [4.69, 9.17) is 4.74 Å². The Balaban J connectivity index is 1.33. The molecule has 0 radical (unpaired) electrons. The first-order chi connectivity index (χ1) is 17.5. The number of anilines is 1. The van der Waals surface area contributed by atoms with Gasteiger partial charge in [-0.05, 0) is 48.4 Å². The fourth-order valence-electron chi connectivity index (χ4n) is 4.35. The molecule has 36 heavy (non-hydrogen) atoms. The van der Waals surface area contributed by atoms with Crippen LogP contribution >= 0.6 is 0 Å². The molecular formula is C28H33N5O3. The minimum atomic E-state index is -0.634. The fraction of sp³-hybridized carbons (Fsp3) is 0.321. The Hall–Kier alpha value is -3.91. The van der Waals surface area contributed by atoms with Gasteiger partial charge in [-0.2, -0.15) is 0 Å². The number of benzene rings is 2. The average Bonchev–Trinajstić information content (AvgIpc) is 2.93. The molecule has 1 aliphatic rings. The smallest absolute Gasteiger partial charge is 0.309 e. The Bertz CT molecular complexity index is 1130. The van der Waals surface area contributed by atoms with Crippen molar-refractivity contribution < 1.29 is 14.3 Å². The monoisotopic (exact) mass is 487 g/mol. The Morgan fingerprint density at radius 2 is 1.64 bits per heavy atom. The maximum Gasteiger partial charge on any atom is 0.309 e. The lowest BCUT2D eigenvalue weighted by Gasteiger charge is -2.40. The van der Waals surface area contributed by atoms with E-state index in [1.165, 1.54) is 0 Å². The number of methoxy groups -OCH3 is 1. The number of rotatable bonds is 8. The number of carbonyl (C=O) groups excluding carboxylic acids is 2. The van der Waals surface area contributed by atoms with Crippen LogP contribution in [0.15, 0.2) is 73.1 Å². The molecule has 1 fully saturated rings. The summed E-state index contributed by atoms with van der Waals surface area (Å²) in [6, 6.07) is 19.8. The lowest BCUT2D eigenvalue weighted by Crippen LogP contribution is -2.50. The third-order valence-corrected chi connectivity index (χ3v) is 6.50. The lowest BCUT2D eigenvalue weighted by atomic mass is 10.1. The molecule has 0 unspecified atom stereocenters. The molecule has 2 amide bonds. The zero-order valence-corrected chi connectivity index (χ0v) is 20.8. The summed E-state index contributed by atoms with van der Waals surface area (Å²) in [6.07, 6.45) is 3.56. The van der Waals surface area contributed by atoms with E-state index >= 15 is 0 Å². The molecule has 1 aromatic heterocycles. The molecule has 0 bridgehead atoms. The van der Waals surface area contributed by atoms with Crippen molar-refractivity contribution in [2.75, 3.05) is 44.7 Å². The molecule has 8 nitrogen and oxygen atoms in total. The van der Waals surface area contributed by atoms with Crippen LogP contribution in [-0.4, -0.2) is 61.5 Å². The Kier molecular flexibility index (Phi) is 8.52. The number of carbonyl (C=O) groups is 2. The van der Waals surface area contributed by atoms with Crippen molar-refractivity contribution in [2.45, 2.75) is 19.5 Å². The molecule has 188 valence electrons. The first-order valence-corrected chi connectivity index (χ1v) is 12.2. The first-order valence-electron chi connectivity index (χ1n) is 12.2.